The van der Waals surface area contributed by atoms with Crippen LogP contribution >= 0.6 is 47.4 Å². The summed E-state index contributed by atoms with van der Waals surface area (Å²) in [5, 5.41) is 4.68. The Morgan fingerprint density at radius 3 is 2.57 bits per heavy atom. The van der Waals surface area contributed by atoms with Crippen LogP contribution in [0.3, 0.4) is 0 Å². The van der Waals surface area contributed by atoms with E-state index in [0.29, 0.717) is 32.9 Å². The molecule has 5 nitrogen and oxygen atoms in total. The molecule has 2 aromatic heterocycles. The van der Waals surface area contributed by atoms with E-state index in [9.17, 15) is 9.59 Å². The number of carbonyl (C=O) groups excluding carboxylic acids is 2. The van der Waals surface area contributed by atoms with Gasteiger partial charge in [0.1, 0.15) is 17.2 Å². The average Bonchev–Trinajstić information content (AvgIpc) is 3.38. The maximum absolute atomic E-state index is 13.7. The predicted octanol–water partition coefficient (Wildman–Crippen LogP) is 6.92. The van der Waals surface area contributed by atoms with Gasteiger partial charge in [0.25, 0.3) is 0 Å². The van der Waals surface area contributed by atoms with Crippen LogP contribution in [0.15, 0.2) is 83.6 Å². The van der Waals surface area contributed by atoms with Gasteiger partial charge in [0.15, 0.2) is 5.78 Å². The molecule has 1 aliphatic rings. The number of piperidine rings is 1. The van der Waals surface area contributed by atoms with Crippen LogP contribution in [-0.2, 0) is 15.1 Å². The molecule has 1 saturated heterocycles. The van der Waals surface area contributed by atoms with Gasteiger partial charge in [0, 0.05) is 22.5 Å². The van der Waals surface area contributed by atoms with Crippen molar-refractivity contribution in [2.45, 2.75) is 17.9 Å². The van der Waals surface area contributed by atoms with Gasteiger partial charge in [-0.15, -0.1) is 0 Å². The van der Waals surface area contributed by atoms with Crippen LogP contribution in [-0.4, -0.2) is 21.0 Å². The standard InChI is InChI=1S/C26H18Cl2N2O3S2/c27-17-5-3-6-18(13-17)33-23-10-4-9-22(29-23)26(16-11-12-35-15-16)14-21(31)24(25(32)30(26)34)19-7-1-2-8-20(19)28/h1-13,15,24,34H,14H2. The SMILES string of the molecule is O=C1CC(c2ccsc2)(c2cccc(Oc3cccc(Cl)c3)n2)N(S)C(=O)C1c1ccccc1Cl. The first-order valence-corrected chi connectivity index (χ1v) is 12.7. The van der Waals surface area contributed by atoms with E-state index in [1.54, 1.807) is 66.7 Å². The highest BCUT2D eigenvalue weighted by Crippen LogP contribution is 2.48. The zero-order chi connectivity index (χ0) is 24.6. The van der Waals surface area contributed by atoms with Crippen molar-refractivity contribution >= 4 is 59.0 Å². The van der Waals surface area contributed by atoms with Crippen molar-refractivity contribution in [3.63, 3.8) is 0 Å². The predicted molar refractivity (Wildman–Crippen MR) is 141 cm³/mol. The summed E-state index contributed by atoms with van der Waals surface area (Å²) < 4.78 is 7.24. The minimum atomic E-state index is -1.22. The third-order valence-corrected chi connectivity index (χ3v) is 7.75. The number of Topliss-reactive ketones (excluding diaryl/α,β-unsaturated/α-hetero) is 1. The highest BCUT2D eigenvalue weighted by molar-refractivity contribution is 7.78. The maximum atomic E-state index is 13.7. The van der Waals surface area contributed by atoms with Crippen molar-refractivity contribution in [3.05, 3.63) is 110 Å². The molecule has 1 aliphatic heterocycles. The molecule has 0 aliphatic carbocycles. The fourth-order valence-corrected chi connectivity index (χ4v) is 5.87. The molecule has 1 amide bonds. The normalized spacial score (nSPS) is 20.2. The van der Waals surface area contributed by atoms with Crippen molar-refractivity contribution < 1.29 is 14.3 Å². The summed E-state index contributed by atoms with van der Waals surface area (Å²) in [6.07, 6.45) is -0.0253. The largest absolute Gasteiger partial charge is 0.439 e. The topological polar surface area (TPSA) is 59.5 Å². The zero-order valence-corrected chi connectivity index (χ0v) is 21.3. The van der Waals surface area contributed by atoms with Crippen LogP contribution in [0.25, 0.3) is 0 Å². The van der Waals surface area contributed by atoms with Crippen LogP contribution in [0.2, 0.25) is 10.0 Å². The second-order valence-corrected chi connectivity index (χ2v) is 10.1. The lowest BCUT2D eigenvalue weighted by Crippen LogP contribution is -2.54. The molecule has 0 N–H and O–H groups in total. The molecular formula is C26H18Cl2N2O3S2. The molecule has 0 bridgehead atoms. The quantitative estimate of drug-likeness (QED) is 0.220. The fraction of sp³-hybridized carbons (Fsp3) is 0.115. The van der Waals surface area contributed by atoms with E-state index in [4.69, 9.17) is 32.9 Å². The number of ketones is 1. The number of rotatable bonds is 5. The molecule has 2 atom stereocenters. The molecule has 4 aromatic rings. The summed E-state index contributed by atoms with van der Waals surface area (Å²) in [5.74, 6) is -0.952. The van der Waals surface area contributed by atoms with Gasteiger partial charge >= 0.3 is 0 Å². The van der Waals surface area contributed by atoms with E-state index in [2.05, 4.69) is 12.8 Å². The number of nitrogens with zero attached hydrogens (tertiary/aromatic N) is 2. The van der Waals surface area contributed by atoms with E-state index >= 15 is 0 Å². The van der Waals surface area contributed by atoms with Gasteiger partial charge in [0.05, 0.1) is 5.69 Å². The molecule has 176 valence electrons. The molecule has 0 spiro atoms. The summed E-state index contributed by atoms with van der Waals surface area (Å²) in [6, 6.07) is 20.9. The molecule has 1 fully saturated rings. The Morgan fingerprint density at radius 1 is 1.03 bits per heavy atom. The molecule has 0 radical (unpaired) electrons. The van der Waals surface area contributed by atoms with Gasteiger partial charge in [-0.05, 0) is 58.3 Å². The van der Waals surface area contributed by atoms with E-state index in [-0.39, 0.29) is 12.2 Å². The van der Waals surface area contributed by atoms with Crippen LogP contribution in [0.4, 0.5) is 0 Å². The first kappa shape index (κ1) is 23.9. The number of hydrogen-bond donors (Lipinski definition) is 1. The third-order valence-electron chi connectivity index (χ3n) is 5.95. The maximum Gasteiger partial charge on any atom is 0.248 e. The van der Waals surface area contributed by atoms with Crippen LogP contribution < -0.4 is 4.74 Å². The van der Waals surface area contributed by atoms with Gasteiger partial charge < -0.3 is 4.74 Å². The zero-order valence-electron chi connectivity index (χ0n) is 18.1. The number of hydrogen-bond acceptors (Lipinski definition) is 6. The summed E-state index contributed by atoms with van der Waals surface area (Å²) >= 11 is 18.5. The number of thiol groups is 1. The second-order valence-electron chi connectivity index (χ2n) is 8.04. The van der Waals surface area contributed by atoms with Crippen LogP contribution in [0.1, 0.15) is 29.2 Å². The van der Waals surface area contributed by atoms with Crippen LogP contribution in [0.5, 0.6) is 11.6 Å². The van der Waals surface area contributed by atoms with E-state index in [1.807, 2.05) is 16.8 Å². The third kappa shape index (κ3) is 4.34. The number of carbonyl (C=O) groups is 2. The lowest BCUT2D eigenvalue weighted by atomic mass is 9.75. The monoisotopic (exact) mass is 540 g/mol. The Bertz CT molecular complexity index is 1410. The average molecular weight is 541 g/mol. The Labute approximate surface area is 221 Å². The molecule has 35 heavy (non-hydrogen) atoms. The lowest BCUT2D eigenvalue weighted by Gasteiger charge is -2.45. The Hall–Kier alpha value is -2.84. The number of aromatic nitrogens is 1. The number of halogens is 2. The summed E-state index contributed by atoms with van der Waals surface area (Å²) in [6.45, 7) is 0. The Morgan fingerprint density at radius 2 is 1.83 bits per heavy atom. The second kappa shape index (κ2) is 9.66. The van der Waals surface area contributed by atoms with Gasteiger partial charge in [-0.2, -0.15) is 11.3 Å². The number of benzene rings is 2. The number of thiophene rings is 1. The van der Waals surface area contributed by atoms with Gasteiger partial charge in [-0.1, -0.05) is 66.3 Å². The van der Waals surface area contributed by atoms with Crippen molar-refractivity contribution in [2.75, 3.05) is 0 Å². The molecule has 9 heteroatoms. The first-order chi connectivity index (χ1) is 16.9. The van der Waals surface area contributed by atoms with E-state index in [0.717, 1.165) is 5.56 Å². The Balaban J connectivity index is 1.59. The number of amides is 1. The number of ether oxygens (including phenoxy) is 1. The lowest BCUT2D eigenvalue weighted by molar-refractivity contribution is -0.142. The number of pyridine rings is 1. The molecule has 5 rings (SSSR count). The Kier molecular flexibility index (Phi) is 6.59. The van der Waals surface area contributed by atoms with Gasteiger partial charge in [-0.25, -0.2) is 4.98 Å². The molecule has 2 unspecified atom stereocenters. The summed E-state index contributed by atoms with van der Waals surface area (Å²) in [4.78, 5) is 32.0. The summed E-state index contributed by atoms with van der Waals surface area (Å²) in [7, 11) is 0. The van der Waals surface area contributed by atoms with Crippen molar-refractivity contribution in [3.8, 4) is 11.6 Å². The van der Waals surface area contributed by atoms with Gasteiger partial charge in [0.2, 0.25) is 11.8 Å². The minimum absolute atomic E-state index is 0.0253. The van der Waals surface area contributed by atoms with Crippen LogP contribution in [0, 0.1) is 0 Å². The molecule has 2 aromatic carbocycles. The van der Waals surface area contributed by atoms with Crippen molar-refractivity contribution in [2.24, 2.45) is 0 Å². The van der Waals surface area contributed by atoms with Gasteiger partial charge in [-0.3, -0.25) is 13.9 Å². The first-order valence-electron chi connectivity index (χ1n) is 10.6. The minimum Gasteiger partial charge on any atom is -0.439 e. The van der Waals surface area contributed by atoms with Crippen molar-refractivity contribution in [1.29, 1.82) is 0 Å². The highest BCUT2D eigenvalue weighted by Gasteiger charge is 2.53. The molecular weight excluding hydrogens is 523 g/mol. The molecule has 0 saturated carbocycles. The summed E-state index contributed by atoms with van der Waals surface area (Å²) in [5.41, 5.74) is 0.449. The molecule has 3 heterocycles. The van der Waals surface area contributed by atoms with Crippen molar-refractivity contribution in [1.82, 2.24) is 9.29 Å². The van der Waals surface area contributed by atoms with E-state index in [1.165, 1.54) is 15.6 Å². The highest BCUT2D eigenvalue weighted by atomic mass is 35.5. The fourth-order valence-electron chi connectivity index (χ4n) is 4.32. The van der Waals surface area contributed by atoms with E-state index < -0.39 is 17.4 Å². The smallest absolute Gasteiger partial charge is 0.248 e.